The van der Waals surface area contributed by atoms with E-state index in [1.807, 2.05) is 30.3 Å². The molecule has 1 aliphatic heterocycles. The Labute approximate surface area is 126 Å². The molecule has 1 aromatic rings. The predicted molar refractivity (Wildman–Crippen MR) is 74.1 cm³/mol. The summed E-state index contributed by atoms with van der Waals surface area (Å²) in [6.07, 6.45) is -4.76. The summed E-state index contributed by atoms with van der Waals surface area (Å²) in [6.45, 7) is -0.0697. The molecular weight excluding hydrogens is 295 g/mol. The maximum Gasteiger partial charge on any atom is 0.417 e. The van der Waals surface area contributed by atoms with Crippen molar-refractivity contribution < 1.29 is 23.1 Å². The van der Waals surface area contributed by atoms with Crippen molar-refractivity contribution in [3.8, 4) is 0 Å². The summed E-state index contributed by atoms with van der Waals surface area (Å²) in [6, 6.07) is 9.68. The zero-order chi connectivity index (χ0) is 16.0. The number of carbonyl (C=O) groups excluding carboxylic acids is 1. The van der Waals surface area contributed by atoms with Gasteiger partial charge in [-0.05, 0) is 17.9 Å². The Kier molecular flexibility index (Phi) is 3.67. The number of aliphatic hydroxyl groups is 1. The van der Waals surface area contributed by atoms with Gasteiger partial charge in [-0.1, -0.05) is 30.3 Å². The molecule has 6 heteroatoms. The lowest BCUT2D eigenvalue weighted by atomic mass is 9.90. The molecule has 0 spiro atoms. The molecule has 0 bridgehead atoms. The number of carbonyl (C=O) groups is 1. The fourth-order valence-corrected chi connectivity index (χ4v) is 3.15. The standard InChI is InChI=1S/C16H18F3NO2/c17-16(18,19)15(22)6-8-20(9-7-15)14(21)13-10-12(13)11-4-2-1-3-5-11/h1-5,12-13,22H,6-10H2. The van der Waals surface area contributed by atoms with Crippen molar-refractivity contribution in [1.82, 2.24) is 4.90 Å². The molecule has 1 saturated heterocycles. The summed E-state index contributed by atoms with van der Waals surface area (Å²) in [4.78, 5) is 13.8. The van der Waals surface area contributed by atoms with Gasteiger partial charge in [-0.2, -0.15) is 13.2 Å². The Bertz CT molecular complexity index is 550. The average Bonchev–Trinajstić information content (AvgIpc) is 3.28. The number of alkyl halides is 3. The molecule has 22 heavy (non-hydrogen) atoms. The highest BCUT2D eigenvalue weighted by Gasteiger charge is 2.56. The van der Waals surface area contributed by atoms with Crippen LogP contribution < -0.4 is 0 Å². The fraction of sp³-hybridized carbons (Fsp3) is 0.562. The second kappa shape index (κ2) is 5.26. The van der Waals surface area contributed by atoms with Crippen LogP contribution in [0.25, 0.3) is 0 Å². The Morgan fingerprint density at radius 1 is 1.18 bits per heavy atom. The summed E-state index contributed by atoms with van der Waals surface area (Å²) in [5, 5.41) is 9.63. The topological polar surface area (TPSA) is 40.5 Å². The van der Waals surface area contributed by atoms with Crippen LogP contribution in [0.15, 0.2) is 30.3 Å². The third-order valence-corrected chi connectivity index (χ3v) is 4.77. The molecule has 2 unspecified atom stereocenters. The van der Waals surface area contributed by atoms with E-state index in [1.54, 1.807) is 0 Å². The van der Waals surface area contributed by atoms with Crippen LogP contribution in [0.1, 0.15) is 30.7 Å². The number of likely N-dealkylation sites (tertiary alicyclic amines) is 1. The van der Waals surface area contributed by atoms with Crippen LogP contribution in [-0.2, 0) is 4.79 Å². The first kappa shape index (κ1) is 15.3. The highest BCUT2D eigenvalue weighted by atomic mass is 19.4. The van der Waals surface area contributed by atoms with Crippen LogP contribution in [-0.4, -0.2) is 40.8 Å². The van der Waals surface area contributed by atoms with Crippen molar-refractivity contribution in [3.05, 3.63) is 35.9 Å². The van der Waals surface area contributed by atoms with Crippen molar-refractivity contribution >= 4 is 5.91 Å². The molecule has 3 nitrogen and oxygen atoms in total. The van der Waals surface area contributed by atoms with Gasteiger partial charge in [-0.15, -0.1) is 0 Å². The normalized spacial score (nSPS) is 27.5. The maximum atomic E-state index is 12.8. The molecule has 3 rings (SSSR count). The Morgan fingerprint density at radius 2 is 1.77 bits per heavy atom. The van der Waals surface area contributed by atoms with Gasteiger partial charge in [0.2, 0.25) is 5.91 Å². The number of nitrogens with zero attached hydrogens (tertiary/aromatic N) is 1. The van der Waals surface area contributed by atoms with E-state index in [4.69, 9.17) is 0 Å². The molecule has 1 saturated carbocycles. The van der Waals surface area contributed by atoms with Gasteiger partial charge >= 0.3 is 6.18 Å². The lowest BCUT2D eigenvalue weighted by Gasteiger charge is -2.39. The van der Waals surface area contributed by atoms with Crippen molar-refractivity contribution in [2.24, 2.45) is 5.92 Å². The first-order valence-electron chi connectivity index (χ1n) is 7.45. The second-order valence-corrected chi connectivity index (χ2v) is 6.21. The van der Waals surface area contributed by atoms with Crippen molar-refractivity contribution in [3.63, 3.8) is 0 Å². The molecule has 2 atom stereocenters. The Balaban J connectivity index is 1.58. The molecule has 1 amide bonds. The van der Waals surface area contributed by atoms with Crippen molar-refractivity contribution in [1.29, 1.82) is 0 Å². The summed E-state index contributed by atoms with van der Waals surface area (Å²) in [5.74, 6) is -0.0327. The third-order valence-electron chi connectivity index (χ3n) is 4.77. The lowest BCUT2D eigenvalue weighted by molar-refractivity contribution is -0.272. The van der Waals surface area contributed by atoms with Crippen LogP contribution in [0.3, 0.4) is 0 Å². The van der Waals surface area contributed by atoms with Crippen LogP contribution in [0.2, 0.25) is 0 Å². The summed E-state index contributed by atoms with van der Waals surface area (Å²) < 4.78 is 38.3. The van der Waals surface area contributed by atoms with Gasteiger partial charge in [-0.25, -0.2) is 0 Å². The van der Waals surface area contributed by atoms with Gasteiger partial charge in [0, 0.05) is 31.8 Å². The van der Waals surface area contributed by atoms with E-state index in [0.29, 0.717) is 0 Å². The SMILES string of the molecule is O=C(C1CC1c1ccccc1)N1CCC(O)(C(F)(F)F)CC1. The van der Waals surface area contributed by atoms with Gasteiger partial charge in [0.1, 0.15) is 0 Å². The smallest absolute Gasteiger partial charge is 0.380 e. The summed E-state index contributed by atoms with van der Waals surface area (Å²) in [5.41, 5.74) is -1.55. The largest absolute Gasteiger partial charge is 0.417 e. The minimum atomic E-state index is -4.63. The molecule has 0 aromatic heterocycles. The van der Waals surface area contributed by atoms with Crippen LogP contribution in [0.5, 0.6) is 0 Å². The van der Waals surface area contributed by atoms with Crippen LogP contribution in [0.4, 0.5) is 13.2 Å². The van der Waals surface area contributed by atoms with E-state index in [0.717, 1.165) is 12.0 Å². The first-order chi connectivity index (χ1) is 10.3. The molecule has 1 N–H and O–H groups in total. The van der Waals surface area contributed by atoms with Crippen LogP contribution >= 0.6 is 0 Å². The van der Waals surface area contributed by atoms with Gasteiger partial charge < -0.3 is 10.0 Å². The minimum Gasteiger partial charge on any atom is -0.380 e. The molecule has 2 aliphatic rings. The monoisotopic (exact) mass is 313 g/mol. The predicted octanol–water partition coefficient (Wildman–Crippen LogP) is 2.71. The van der Waals surface area contributed by atoms with Gasteiger partial charge in [-0.3, -0.25) is 4.79 Å². The van der Waals surface area contributed by atoms with E-state index in [2.05, 4.69) is 0 Å². The number of hydrogen-bond acceptors (Lipinski definition) is 2. The van der Waals surface area contributed by atoms with Crippen molar-refractivity contribution in [2.45, 2.75) is 37.0 Å². The quantitative estimate of drug-likeness (QED) is 0.912. The summed E-state index contributed by atoms with van der Waals surface area (Å²) in [7, 11) is 0. The third kappa shape index (κ3) is 2.72. The van der Waals surface area contributed by atoms with Gasteiger partial charge in [0.25, 0.3) is 0 Å². The number of piperidine rings is 1. The molecule has 2 fully saturated rings. The maximum absolute atomic E-state index is 12.8. The van der Waals surface area contributed by atoms with Gasteiger partial charge in [0.15, 0.2) is 5.60 Å². The first-order valence-corrected chi connectivity index (χ1v) is 7.45. The second-order valence-electron chi connectivity index (χ2n) is 6.21. The molecular formula is C16H18F3NO2. The molecule has 1 heterocycles. The number of benzene rings is 1. The highest BCUT2D eigenvalue weighted by molar-refractivity contribution is 5.83. The fourth-order valence-electron chi connectivity index (χ4n) is 3.15. The van der Waals surface area contributed by atoms with Crippen LogP contribution in [0, 0.1) is 5.92 Å². The number of halogens is 3. The molecule has 120 valence electrons. The summed E-state index contributed by atoms with van der Waals surface area (Å²) >= 11 is 0. The highest BCUT2D eigenvalue weighted by Crippen LogP contribution is 2.49. The number of amides is 1. The number of hydrogen-bond donors (Lipinski definition) is 1. The van der Waals surface area contributed by atoms with E-state index in [9.17, 15) is 23.1 Å². The molecule has 0 radical (unpaired) electrons. The average molecular weight is 313 g/mol. The van der Waals surface area contributed by atoms with E-state index >= 15 is 0 Å². The van der Waals surface area contributed by atoms with E-state index in [-0.39, 0.29) is 30.8 Å². The zero-order valence-corrected chi connectivity index (χ0v) is 12.0. The Hall–Kier alpha value is -1.56. The lowest BCUT2D eigenvalue weighted by Crippen LogP contribution is -2.54. The number of rotatable bonds is 2. The zero-order valence-electron chi connectivity index (χ0n) is 12.0. The molecule has 1 aromatic carbocycles. The van der Waals surface area contributed by atoms with E-state index < -0.39 is 24.6 Å². The Morgan fingerprint density at radius 3 is 2.32 bits per heavy atom. The van der Waals surface area contributed by atoms with Crippen molar-refractivity contribution in [2.75, 3.05) is 13.1 Å². The van der Waals surface area contributed by atoms with Gasteiger partial charge in [0.05, 0.1) is 0 Å². The minimum absolute atomic E-state index is 0.0349. The van der Waals surface area contributed by atoms with E-state index in [1.165, 1.54) is 4.90 Å². The molecule has 1 aliphatic carbocycles.